The highest BCUT2D eigenvalue weighted by Crippen LogP contribution is 2.42. The van der Waals surface area contributed by atoms with Crippen LogP contribution < -0.4 is 15.0 Å². The number of benzene rings is 2. The SMILES string of the molecule is COc1cc(NC(=O)Cc2ccccc2)ccc1N1C(=O)C2CCC1CC2. The fourth-order valence-corrected chi connectivity index (χ4v) is 4.21. The van der Waals surface area contributed by atoms with Crippen molar-refractivity contribution in [2.45, 2.75) is 38.1 Å². The molecular formula is C22H24N2O3. The molecule has 1 N–H and O–H groups in total. The Kier molecular flexibility index (Phi) is 4.84. The van der Waals surface area contributed by atoms with Crippen LogP contribution in [0.5, 0.6) is 5.75 Å². The van der Waals surface area contributed by atoms with Crippen molar-refractivity contribution in [3.63, 3.8) is 0 Å². The number of anilines is 2. The van der Waals surface area contributed by atoms with E-state index in [0.29, 0.717) is 17.9 Å². The minimum Gasteiger partial charge on any atom is -0.494 e. The van der Waals surface area contributed by atoms with E-state index in [1.807, 2.05) is 47.4 Å². The summed E-state index contributed by atoms with van der Waals surface area (Å²) in [7, 11) is 1.60. The maximum atomic E-state index is 12.7. The molecule has 2 heterocycles. The van der Waals surface area contributed by atoms with Gasteiger partial charge in [-0.3, -0.25) is 9.59 Å². The summed E-state index contributed by atoms with van der Waals surface area (Å²) >= 11 is 0. The lowest BCUT2D eigenvalue weighted by Gasteiger charge is -2.45. The molecule has 0 aromatic heterocycles. The Balaban J connectivity index is 1.51. The third-order valence-electron chi connectivity index (χ3n) is 5.58. The predicted octanol–water partition coefficient (Wildman–Crippen LogP) is 3.78. The topological polar surface area (TPSA) is 58.6 Å². The number of ether oxygens (including phenoxy) is 1. The maximum absolute atomic E-state index is 12.7. The number of nitrogens with one attached hydrogen (secondary N) is 1. The first-order valence-electron chi connectivity index (χ1n) is 9.50. The van der Waals surface area contributed by atoms with Crippen molar-refractivity contribution < 1.29 is 14.3 Å². The van der Waals surface area contributed by atoms with Crippen LogP contribution in [0.3, 0.4) is 0 Å². The molecule has 1 saturated carbocycles. The Labute approximate surface area is 159 Å². The van der Waals surface area contributed by atoms with Crippen molar-refractivity contribution in [1.29, 1.82) is 0 Å². The lowest BCUT2D eigenvalue weighted by Crippen LogP contribution is -2.52. The van der Waals surface area contributed by atoms with Crippen molar-refractivity contribution in [2.24, 2.45) is 5.92 Å². The van der Waals surface area contributed by atoms with Crippen LogP contribution in [0.15, 0.2) is 48.5 Å². The highest BCUT2D eigenvalue weighted by Gasteiger charge is 2.41. The monoisotopic (exact) mass is 364 g/mol. The van der Waals surface area contributed by atoms with Gasteiger partial charge in [0.1, 0.15) is 5.75 Å². The molecule has 140 valence electrons. The number of methoxy groups -OCH3 is 1. The molecule has 3 aliphatic rings. The van der Waals surface area contributed by atoms with E-state index in [0.717, 1.165) is 36.9 Å². The molecule has 5 rings (SSSR count). The van der Waals surface area contributed by atoms with E-state index in [4.69, 9.17) is 4.74 Å². The van der Waals surface area contributed by atoms with Gasteiger partial charge in [-0.25, -0.2) is 0 Å². The predicted molar refractivity (Wildman–Crippen MR) is 105 cm³/mol. The fraction of sp³-hybridized carbons (Fsp3) is 0.364. The number of amides is 2. The number of fused-ring (bicyclic) bond motifs is 3. The van der Waals surface area contributed by atoms with E-state index in [1.165, 1.54) is 0 Å². The van der Waals surface area contributed by atoms with E-state index >= 15 is 0 Å². The summed E-state index contributed by atoms with van der Waals surface area (Å²) in [6.45, 7) is 0. The van der Waals surface area contributed by atoms with Crippen molar-refractivity contribution >= 4 is 23.2 Å². The van der Waals surface area contributed by atoms with Crippen molar-refractivity contribution in [3.8, 4) is 5.75 Å². The van der Waals surface area contributed by atoms with Gasteiger partial charge in [0.15, 0.2) is 0 Å². The average molecular weight is 364 g/mol. The van der Waals surface area contributed by atoms with Gasteiger partial charge in [-0.15, -0.1) is 0 Å². The molecule has 2 aromatic rings. The third kappa shape index (κ3) is 3.54. The van der Waals surface area contributed by atoms with Crippen molar-refractivity contribution in [3.05, 3.63) is 54.1 Å². The summed E-state index contributed by atoms with van der Waals surface area (Å²) in [5.41, 5.74) is 2.44. The number of piperidine rings is 2. The summed E-state index contributed by atoms with van der Waals surface area (Å²) in [6, 6.07) is 15.4. The molecule has 0 spiro atoms. The first kappa shape index (κ1) is 17.6. The number of nitrogens with zero attached hydrogens (tertiary/aromatic N) is 1. The molecule has 5 nitrogen and oxygen atoms in total. The number of hydrogen-bond acceptors (Lipinski definition) is 3. The molecule has 2 bridgehead atoms. The molecule has 27 heavy (non-hydrogen) atoms. The highest BCUT2D eigenvalue weighted by molar-refractivity contribution is 5.99. The number of hydrogen-bond donors (Lipinski definition) is 1. The van der Waals surface area contributed by atoms with Gasteiger partial charge in [0.2, 0.25) is 11.8 Å². The van der Waals surface area contributed by atoms with Crippen LogP contribution in [0.25, 0.3) is 0 Å². The molecule has 2 amide bonds. The van der Waals surface area contributed by atoms with Gasteiger partial charge in [-0.2, -0.15) is 0 Å². The van der Waals surface area contributed by atoms with Gasteiger partial charge in [-0.1, -0.05) is 30.3 Å². The first-order chi connectivity index (χ1) is 13.2. The molecule has 0 unspecified atom stereocenters. The van der Waals surface area contributed by atoms with E-state index in [9.17, 15) is 9.59 Å². The smallest absolute Gasteiger partial charge is 0.230 e. The maximum Gasteiger partial charge on any atom is 0.230 e. The number of carbonyl (C=O) groups excluding carboxylic acids is 2. The molecular weight excluding hydrogens is 340 g/mol. The van der Waals surface area contributed by atoms with Crippen LogP contribution in [-0.2, 0) is 16.0 Å². The van der Waals surface area contributed by atoms with Gasteiger partial charge < -0.3 is 15.0 Å². The Morgan fingerprint density at radius 1 is 1.11 bits per heavy atom. The third-order valence-corrected chi connectivity index (χ3v) is 5.58. The average Bonchev–Trinajstić information content (AvgIpc) is 2.70. The number of rotatable bonds is 5. The molecule has 0 atom stereocenters. The quantitative estimate of drug-likeness (QED) is 0.878. The van der Waals surface area contributed by atoms with Crippen LogP contribution in [0.4, 0.5) is 11.4 Å². The summed E-state index contributed by atoms with van der Waals surface area (Å²) in [4.78, 5) is 26.9. The van der Waals surface area contributed by atoms with Gasteiger partial charge in [-0.05, 0) is 43.4 Å². The molecule has 2 saturated heterocycles. The highest BCUT2D eigenvalue weighted by atomic mass is 16.5. The molecule has 5 heteroatoms. The minimum atomic E-state index is -0.0795. The second-order valence-electron chi connectivity index (χ2n) is 7.31. The van der Waals surface area contributed by atoms with Crippen LogP contribution in [-0.4, -0.2) is 25.0 Å². The van der Waals surface area contributed by atoms with Crippen LogP contribution >= 0.6 is 0 Å². The van der Waals surface area contributed by atoms with Gasteiger partial charge in [0, 0.05) is 23.7 Å². The molecule has 3 fully saturated rings. The summed E-state index contributed by atoms with van der Waals surface area (Å²) in [5, 5.41) is 2.92. The van der Waals surface area contributed by atoms with Crippen LogP contribution in [0, 0.1) is 5.92 Å². The zero-order valence-corrected chi connectivity index (χ0v) is 15.5. The zero-order chi connectivity index (χ0) is 18.8. The second kappa shape index (κ2) is 7.43. The Hall–Kier alpha value is -2.82. The van der Waals surface area contributed by atoms with E-state index in [-0.39, 0.29) is 23.8 Å². The molecule has 1 aliphatic carbocycles. The first-order valence-corrected chi connectivity index (χ1v) is 9.50. The minimum absolute atomic E-state index is 0.0795. The van der Waals surface area contributed by atoms with Gasteiger partial charge in [0.25, 0.3) is 0 Å². The molecule has 2 aromatic carbocycles. The molecule has 2 aliphatic heterocycles. The summed E-state index contributed by atoms with van der Waals surface area (Å²) in [5.74, 6) is 0.888. The van der Waals surface area contributed by atoms with E-state index in [2.05, 4.69) is 5.32 Å². The number of carbonyl (C=O) groups is 2. The largest absolute Gasteiger partial charge is 0.494 e. The molecule has 0 radical (unpaired) electrons. The van der Waals surface area contributed by atoms with E-state index in [1.54, 1.807) is 13.2 Å². The zero-order valence-electron chi connectivity index (χ0n) is 15.5. The fourth-order valence-electron chi connectivity index (χ4n) is 4.21. The Morgan fingerprint density at radius 2 is 1.85 bits per heavy atom. The standard InChI is InChI=1S/C22H24N2O3/c1-27-20-14-17(23-21(25)13-15-5-3-2-4-6-15)9-12-19(20)24-18-10-7-16(8-11-18)22(24)26/h2-6,9,12,14,16,18H,7-8,10-11,13H2,1H3,(H,23,25). The van der Waals surface area contributed by atoms with E-state index < -0.39 is 0 Å². The Morgan fingerprint density at radius 3 is 2.52 bits per heavy atom. The second-order valence-corrected chi connectivity index (χ2v) is 7.31. The summed E-state index contributed by atoms with van der Waals surface area (Å²) in [6.07, 6.45) is 4.41. The lowest BCUT2D eigenvalue weighted by atomic mass is 9.79. The van der Waals surface area contributed by atoms with Crippen molar-refractivity contribution in [1.82, 2.24) is 0 Å². The van der Waals surface area contributed by atoms with Gasteiger partial charge in [0.05, 0.1) is 19.2 Å². The normalized spacial score (nSPS) is 21.2. The summed E-state index contributed by atoms with van der Waals surface area (Å²) < 4.78 is 5.55. The lowest BCUT2D eigenvalue weighted by molar-refractivity contribution is -0.127. The van der Waals surface area contributed by atoms with Crippen molar-refractivity contribution in [2.75, 3.05) is 17.3 Å². The van der Waals surface area contributed by atoms with Crippen LogP contribution in [0.2, 0.25) is 0 Å². The Bertz CT molecular complexity index is 842. The van der Waals surface area contributed by atoms with Crippen LogP contribution in [0.1, 0.15) is 31.2 Å². The van der Waals surface area contributed by atoms with Gasteiger partial charge >= 0.3 is 0 Å².